The zero-order chi connectivity index (χ0) is 10.6. The summed E-state index contributed by atoms with van der Waals surface area (Å²) in [7, 11) is 1.58. The first kappa shape index (κ1) is 11.0. The van der Waals surface area contributed by atoms with Gasteiger partial charge in [-0.2, -0.15) is 0 Å². The third kappa shape index (κ3) is 2.99. The molecule has 0 aliphatic heterocycles. The van der Waals surface area contributed by atoms with Crippen molar-refractivity contribution in [2.45, 2.75) is 6.42 Å². The van der Waals surface area contributed by atoms with Gasteiger partial charge in [-0.25, -0.2) is 0 Å². The van der Waals surface area contributed by atoms with E-state index in [2.05, 4.69) is 15.9 Å². The zero-order valence-corrected chi connectivity index (χ0v) is 9.28. The standard InChI is InChI=1S/C9H10BrNO3/c1-14-8-3-2-7(9(10)6-8)4-5-11(12)13/h2-3,6H,4-5H2,1H3. The van der Waals surface area contributed by atoms with Crippen LogP contribution in [0.3, 0.4) is 0 Å². The molecule has 0 aliphatic rings. The molecule has 1 rings (SSSR count). The lowest BCUT2D eigenvalue weighted by atomic mass is 10.1. The molecule has 0 fully saturated rings. The van der Waals surface area contributed by atoms with Crippen LogP contribution in [0.5, 0.6) is 5.75 Å². The van der Waals surface area contributed by atoms with Gasteiger partial charge in [-0.1, -0.05) is 22.0 Å². The molecule has 0 bridgehead atoms. The van der Waals surface area contributed by atoms with Crippen LogP contribution in [0.1, 0.15) is 5.56 Å². The molecule has 0 N–H and O–H groups in total. The highest BCUT2D eigenvalue weighted by atomic mass is 79.9. The van der Waals surface area contributed by atoms with Crippen LogP contribution in [0.2, 0.25) is 0 Å². The van der Waals surface area contributed by atoms with Crippen molar-refractivity contribution >= 4 is 15.9 Å². The SMILES string of the molecule is COc1ccc(CC[N+](=O)[O-])c(Br)c1. The van der Waals surface area contributed by atoms with Crippen molar-refractivity contribution in [3.05, 3.63) is 38.3 Å². The highest BCUT2D eigenvalue weighted by molar-refractivity contribution is 9.10. The largest absolute Gasteiger partial charge is 0.497 e. The summed E-state index contributed by atoms with van der Waals surface area (Å²) in [6, 6.07) is 5.42. The molecule has 0 unspecified atom stereocenters. The van der Waals surface area contributed by atoms with E-state index in [-0.39, 0.29) is 11.5 Å². The number of rotatable bonds is 4. The lowest BCUT2D eigenvalue weighted by Gasteiger charge is -2.04. The number of hydrogen-bond acceptors (Lipinski definition) is 3. The zero-order valence-electron chi connectivity index (χ0n) is 7.70. The topological polar surface area (TPSA) is 52.4 Å². The maximum atomic E-state index is 10.2. The van der Waals surface area contributed by atoms with Crippen molar-refractivity contribution < 1.29 is 9.66 Å². The minimum atomic E-state index is -0.323. The Bertz CT molecular complexity index is 341. The van der Waals surface area contributed by atoms with E-state index in [1.807, 2.05) is 6.07 Å². The van der Waals surface area contributed by atoms with Crippen LogP contribution in [0.15, 0.2) is 22.7 Å². The van der Waals surface area contributed by atoms with Gasteiger partial charge in [0.2, 0.25) is 6.54 Å². The van der Waals surface area contributed by atoms with E-state index in [0.717, 1.165) is 15.8 Å². The average molecular weight is 260 g/mol. The Labute approximate surface area is 90.2 Å². The molecule has 0 spiro atoms. The molecule has 0 aromatic heterocycles. The van der Waals surface area contributed by atoms with Crippen LogP contribution in [0, 0.1) is 10.1 Å². The van der Waals surface area contributed by atoms with Crippen LogP contribution in [0.4, 0.5) is 0 Å². The van der Waals surface area contributed by atoms with Crippen LogP contribution < -0.4 is 4.74 Å². The predicted molar refractivity (Wildman–Crippen MR) is 56.3 cm³/mol. The Morgan fingerprint density at radius 1 is 1.57 bits per heavy atom. The van der Waals surface area contributed by atoms with Gasteiger partial charge in [-0.15, -0.1) is 0 Å². The molecule has 1 aromatic carbocycles. The molecule has 76 valence electrons. The van der Waals surface area contributed by atoms with E-state index in [4.69, 9.17) is 4.74 Å². The first-order chi connectivity index (χ1) is 6.63. The smallest absolute Gasteiger partial charge is 0.207 e. The van der Waals surface area contributed by atoms with Gasteiger partial charge in [0.15, 0.2) is 0 Å². The van der Waals surface area contributed by atoms with Crippen molar-refractivity contribution in [2.24, 2.45) is 0 Å². The maximum absolute atomic E-state index is 10.2. The van der Waals surface area contributed by atoms with E-state index < -0.39 is 0 Å². The minimum absolute atomic E-state index is 0.0507. The fourth-order valence-electron chi connectivity index (χ4n) is 1.07. The predicted octanol–water partition coefficient (Wildman–Crippen LogP) is 2.28. The third-order valence-electron chi connectivity index (χ3n) is 1.82. The molecule has 4 nitrogen and oxygen atoms in total. The van der Waals surface area contributed by atoms with Gasteiger partial charge in [0.1, 0.15) is 5.75 Å². The van der Waals surface area contributed by atoms with Gasteiger partial charge in [-0.05, 0) is 17.7 Å². The van der Waals surface area contributed by atoms with Crippen molar-refractivity contribution in [1.82, 2.24) is 0 Å². The van der Waals surface area contributed by atoms with Crippen LogP contribution >= 0.6 is 15.9 Å². The van der Waals surface area contributed by atoms with Gasteiger partial charge in [-0.3, -0.25) is 10.1 Å². The van der Waals surface area contributed by atoms with Crippen molar-refractivity contribution in [1.29, 1.82) is 0 Å². The van der Waals surface area contributed by atoms with Crippen molar-refractivity contribution in [2.75, 3.05) is 13.7 Å². The Balaban J connectivity index is 2.73. The lowest BCUT2D eigenvalue weighted by Crippen LogP contribution is -2.04. The molecule has 0 atom stereocenters. The summed E-state index contributed by atoms with van der Waals surface area (Å²) in [5.41, 5.74) is 0.919. The minimum Gasteiger partial charge on any atom is -0.497 e. The van der Waals surface area contributed by atoms with Crippen LogP contribution in [-0.4, -0.2) is 18.6 Å². The Morgan fingerprint density at radius 3 is 2.79 bits per heavy atom. The summed E-state index contributed by atoms with van der Waals surface area (Å²) in [5, 5.41) is 10.2. The third-order valence-corrected chi connectivity index (χ3v) is 2.56. The molecule has 0 radical (unpaired) electrons. The van der Waals surface area contributed by atoms with Crippen molar-refractivity contribution in [3.63, 3.8) is 0 Å². The summed E-state index contributed by atoms with van der Waals surface area (Å²) in [5.74, 6) is 0.738. The van der Waals surface area contributed by atoms with Gasteiger partial charge in [0.05, 0.1) is 7.11 Å². The van der Waals surface area contributed by atoms with E-state index in [0.29, 0.717) is 6.42 Å². The molecule has 0 heterocycles. The monoisotopic (exact) mass is 259 g/mol. The number of halogens is 1. The van der Waals surface area contributed by atoms with E-state index >= 15 is 0 Å². The first-order valence-electron chi connectivity index (χ1n) is 4.07. The molecular formula is C9H10BrNO3. The van der Waals surface area contributed by atoms with Gasteiger partial charge >= 0.3 is 0 Å². The maximum Gasteiger partial charge on any atom is 0.207 e. The number of ether oxygens (including phenoxy) is 1. The molecule has 1 aromatic rings. The summed E-state index contributed by atoms with van der Waals surface area (Å²) < 4.78 is 5.86. The summed E-state index contributed by atoms with van der Waals surface area (Å²) in [4.78, 5) is 9.85. The molecule has 0 amide bonds. The van der Waals surface area contributed by atoms with Crippen LogP contribution in [-0.2, 0) is 6.42 Å². The highest BCUT2D eigenvalue weighted by Crippen LogP contribution is 2.23. The van der Waals surface area contributed by atoms with Crippen LogP contribution in [0.25, 0.3) is 0 Å². The molecule has 0 saturated carbocycles. The summed E-state index contributed by atoms with van der Waals surface area (Å²) >= 11 is 3.34. The molecule has 0 saturated heterocycles. The number of nitrogens with zero attached hydrogens (tertiary/aromatic N) is 1. The van der Waals surface area contributed by atoms with E-state index in [1.54, 1.807) is 19.2 Å². The van der Waals surface area contributed by atoms with Crippen molar-refractivity contribution in [3.8, 4) is 5.75 Å². The van der Waals surface area contributed by atoms with Gasteiger partial charge < -0.3 is 4.74 Å². The fraction of sp³-hybridized carbons (Fsp3) is 0.333. The Hall–Kier alpha value is -1.10. The molecule has 14 heavy (non-hydrogen) atoms. The van der Waals surface area contributed by atoms with Gasteiger partial charge in [0, 0.05) is 15.8 Å². The fourth-order valence-corrected chi connectivity index (χ4v) is 1.63. The molecule has 5 heteroatoms. The number of hydrogen-bond donors (Lipinski definition) is 0. The van der Waals surface area contributed by atoms with E-state index in [1.165, 1.54) is 0 Å². The second-order valence-corrected chi connectivity index (χ2v) is 3.62. The summed E-state index contributed by atoms with van der Waals surface area (Å²) in [6.45, 7) is -0.0507. The second kappa shape index (κ2) is 4.95. The van der Waals surface area contributed by atoms with E-state index in [9.17, 15) is 10.1 Å². The number of methoxy groups -OCH3 is 1. The normalized spacial score (nSPS) is 9.86. The summed E-state index contributed by atoms with van der Waals surface area (Å²) in [6.07, 6.45) is 0.428. The number of nitro groups is 1. The van der Waals surface area contributed by atoms with Gasteiger partial charge in [0.25, 0.3) is 0 Å². The second-order valence-electron chi connectivity index (χ2n) is 2.76. The Morgan fingerprint density at radius 2 is 2.29 bits per heavy atom. The first-order valence-corrected chi connectivity index (χ1v) is 4.87. The number of benzene rings is 1. The average Bonchev–Trinajstić information content (AvgIpc) is 2.15. The lowest BCUT2D eigenvalue weighted by molar-refractivity contribution is -0.479. The quantitative estimate of drug-likeness (QED) is 0.616. The molecule has 0 aliphatic carbocycles. The highest BCUT2D eigenvalue weighted by Gasteiger charge is 2.05. The molecular weight excluding hydrogens is 250 g/mol. The Kier molecular flexibility index (Phi) is 3.88.